The fraction of sp³-hybridized carbons (Fsp3) is 0. The molecule has 1 aromatic carbocycles. The number of rotatable bonds is 0. The van der Waals surface area contributed by atoms with Gasteiger partial charge < -0.3 is 5.73 Å². The molecule has 0 spiro atoms. The number of benzene rings is 1. The molecule has 0 amide bonds. The molecule has 0 fully saturated rings. The average Bonchev–Trinajstić information content (AvgIpc) is 1.83. The molecule has 0 aliphatic heterocycles. The summed E-state index contributed by atoms with van der Waals surface area (Å²) in [6.07, 6.45) is 0. The van der Waals surface area contributed by atoms with Gasteiger partial charge in [-0.05, 0) is 6.07 Å². The minimum absolute atomic E-state index is 0.779. The van der Waals surface area contributed by atoms with Gasteiger partial charge in [0.2, 0.25) is 0 Å². The van der Waals surface area contributed by atoms with Crippen molar-refractivity contribution < 1.29 is 0 Å². The van der Waals surface area contributed by atoms with Crippen molar-refractivity contribution in [3.8, 4) is 0 Å². The SMILES string of the molecule is Bc1cccc(S)c1N. The summed E-state index contributed by atoms with van der Waals surface area (Å²) in [5, 5.41) is 0. The number of thiol groups is 1. The Morgan fingerprint density at radius 1 is 1.44 bits per heavy atom. The van der Waals surface area contributed by atoms with E-state index < -0.39 is 0 Å². The van der Waals surface area contributed by atoms with Crippen molar-refractivity contribution in [2.24, 2.45) is 0 Å². The van der Waals surface area contributed by atoms with Crippen molar-refractivity contribution in [2.45, 2.75) is 4.90 Å². The molecular formula is C6H8BNS. The maximum atomic E-state index is 5.61. The molecule has 46 valence electrons. The molecule has 0 saturated carbocycles. The highest BCUT2D eigenvalue weighted by atomic mass is 32.1. The van der Waals surface area contributed by atoms with E-state index in [1.807, 2.05) is 26.0 Å². The van der Waals surface area contributed by atoms with E-state index in [1.54, 1.807) is 0 Å². The van der Waals surface area contributed by atoms with Crippen LogP contribution in [0.3, 0.4) is 0 Å². The second-order valence-corrected chi connectivity index (χ2v) is 2.49. The van der Waals surface area contributed by atoms with Gasteiger partial charge in [-0.15, -0.1) is 12.6 Å². The van der Waals surface area contributed by atoms with Gasteiger partial charge >= 0.3 is 0 Å². The minimum Gasteiger partial charge on any atom is -0.398 e. The first-order chi connectivity index (χ1) is 4.22. The lowest BCUT2D eigenvalue weighted by Gasteiger charge is -2.00. The molecule has 0 aliphatic carbocycles. The second-order valence-electron chi connectivity index (χ2n) is 2.01. The molecule has 3 heteroatoms. The van der Waals surface area contributed by atoms with Gasteiger partial charge in [0.15, 0.2) is 0 Å². The first kappa shape index (κ1) is 6.55. The molecule has 0 atom stereocenters. The average molecular weight is 137 g/mol. The number of nitrogen functional groups attached to an aromatic ring is 1. The first-order valence-corrected chi connectivity index (χ1v) is 3.20. The molecular weight excluding hydrogens is 129 g/mol. The molecule has 1 aromatic rings. The normalized spacial score (nSPS) is 9.44. The second kappa shape index (κ2) is 2.35. The topological polar surface area (TPSA) is 26.0 Å². The van der Waals surface area contributed by atoms with Crippen LogP contribution in [0.4, 0.5) is 5.69 Å². The number of anilines is 1. The molecule has 0 saturated heterocycles. The van der Waals surface area contributed by atoms with Gasteiger partial charge in [0.05, 0.1) is 0 Å². The Morgan fingerprint density at radius 3 is 2.56 bits per heavy atom. The van der Waals surface area contributed by atoms with Crippen molar-refractivity contribution in [2.75, 3.05) is 5.73 Å². The standard InChI is InChI=1S/C6H8BNS/c7-4-2-1-3-5(9)6(4)8/h1-3,9H,7-8H2. The van der Waals surface area contributed by atoms with Crippen LogP contribution in [0.25, 0.3) is 0 Å². The van der Waals surface area contributed by atoms with Crippen LogP contribution in [-0.2, 0) is 0 Å². The van der Waals surface area contributed by atoms with Crippen LogP contribution in [0, 0.1) is 0 Å². The zero-order valence-corrected chi connectivity index (χ0v) is 6.15. The van der Waals surface area contributed by atoms with E-state index in [-0.39, 0.29) is 0 Å². The number of hydrogen-bond acceptors (Lipinski definition) is 2. The Hall–Kier alpha value is -0.565. The van der Waals surface area contributed by atoms with E-state index in [0.717, 1.165) is 16.0 Å². The molecule has 0 radical (unpaired) electrons. The zero-order chi connectivity index (χ0) is 6.85. The van der Waals surface area contributed by atoms with Crippen molar-refractivity contribution in [1.29, 1.82) is 0 Å². The van der Waals surface area contributed by atoms with Crippen molar-refractivity contribution in [1.82, 2.24) is 0 Å². The van der Waals surface area contributed by atoms with Crippen LogP contribution in [0.5, 0.6) is 0 Å². The van der Waals surface area contributed by atoms with E-state index in [4.69, 9.17) is 5.73 Å². The maximum absolute atomic E-state index is 5.61. The number of nitrogens with two attached hydrogens (primary N) is 1. The van der Waals surface area contributed by atoms with E-state index in [1.165, 1.54) is 0 Å². The third kappa shape index (κ3) is 1.22. The summed E-state index contributed by atoms with van der Waals surface area (Å²) in [5.74, 6) is 0. The summed E-state index contributed by atoms with van der Waals surface area (Å²) in [6.45, 7) is 0. The Morgan fingerprint density at radius 2 is 2.11 bits per heavy atom. The summed E-state index contributed by atoms with van der Waals surface area (Å²) in [4.78, 5) is 0.856. The summed E-state index contributed by atoms with van der Waals surface area (Å²) in [6, 6.07) is 5.79. The summed E-state index contributed by atoms with van der Waals surface area (Å²) >= 11 is 4.14. The van der Waals surface area contributed by atoms with Gasteiger partial charge in [-0.2, -0.15) is 0 Å². The summed E-state index contributed by atoms with van der Waals surface area (Å²) < 4.78 is 0. The minimum atomic E-state index is 0.779. The molecule has 0 aromatic heterocycles. The van der Waals surface area contributed by atoms with Crippen LogP contribution in [0.2, 0.25) is 0 Å². The molecule has 0 unspecified atom stereocenters. The van der Waals surface area contributed by atoms with Crippen molar-refractivity contribution in [3.05, 3.63) is 18.2 Å². The number of para-hydroxylation sites is 1. The Kier molecular flexibility index (Phi) is 1.71. The quantitative estimate of drug-likeness (QED) is 0.289. The third-order valence-electron chi connectivity index (χ3n) is 1.30. The van der Waals surface area contributed by atoms with Crippen molar-refractivity contribution in [3.63, 3.8) is 0 Å². The highest BCUT2D eigenvalue weighted by Gasteiger charge is 1.93. The molecule has 9 heavy (non-hydrogen) atoms. The highest BCUT2D eigenvalue weighted by Crippen LogP contribution is 2.10. The van der Waals surface area contributed by atoms with Gasteiger partial charge in [0.25, 0.3) is 0 Å². The van der Waals surface area contributed by atoms with E-state index in [9.17, 15) is 0 Å². The third-order valence-corrected chi connectivity index (χ3v) is 1.69. The predicted molar refractivity (Wildman–Crippen MR) is 46.3 cm³/mol. The van der Waals surface area contributed by atoms with Crippen molar-refractivity contribution >= 4 is 31.6 Å². The van der Waals surface area contributed by atoms with Gasteiger partial charge in [-0.1, -0.05) is 17.6 Å². The van der Waals surface area contributed by atoms with Crippen LogP contribution in [0.15, 0.2) is 23.1 Å². The van der Waals surface area contributed by atoms with E-state index in [0.29, 0.717) is 0 Å². The Bertz CT molecular complexity index is 204. The molecule has 1 nitrogen and oxygen atoms in total. The molecule has 0 bridgehead atoms. The Balaban J connectivity index is 3.25. The van der Waals surface area contributed by atoms with Gasteiger partial charge in [-0.25, -0.2) is 0 Å². The smallest absolute Gasteiger partial charge is 0.142 e. The Labute approximate surface area is 61.1 Å². The predicted octanol–water partition coefficient (Wildman–Crippen LogP) is -0.184. The van der Waals surface area contributed by atoms with Gasteiger partial charge in [-0.3, -0.25) is 0 Å². The molecule has 0 heterocycles. The molecule has 1 rings (SSSR count). The van der Waals surface area contributed by atoms with Crippen LogP contribution >= 0.6 is 12.6 Å². The van der Waals surface area contributed by atoms with Gasteiger partial charge in [0, 0.05) is 10.6 Å². The van der Waals surface area contributed by atoms with Gasteiger partial charge in [0.1, 0.15) is 7.85 Å². The molecule has 0 aliphatic rings. The summed E-state index contributed by atoms with van der Waals surface area (Å²) in [5.41, 5.74) is 7.47. The zero-order valence-electron chi connectivity index (χ0n) is 5.26. The molecule has 2 N–H and O–H groups in total. The maximum Gasteiger partial charge on any atom is 0.142 e. The fourth-order valence-corrected chi connectivity index (χ4v) is 0.928. The first-order valence-electron chi connectivity index (χ1n) is 2.76. The lowest BCUT2D eigenvalue weighted by molar-refractivity contribution is 1.50. The largest absolute Gasteiger partial charge is 0.398 e. The lowest BCUT2D eigenvalue weighted by Crippen LogP contribution is -2.09. The lowest BCUT2D eigenvalue weighted by atomic mass is 9.94. The number of hydrogen-bond donors (Lipinski definition) is 2. The monoisotopic (exact) mass is 137 g/mol. The van der Waals surface area contributed by atoms with Crippen LogP contribution in [0.1, 0.15) is 0 Å². The van der Waals surface area contributed by atoms with Crippen LogP contribution in [-0.4, -0.2) is 7.85 Å². The van der Waals surface area contributed by atoms with E-state index in [2.05, 4.69) is 12.6 Å². The fourth-order valence-electron chi connectivity index (χ4n) is 0.665. The van der Waals surface area contributed by atoms with E-state index >= 15 is 0 Å². The highest BCUT2D eigenvalue weighted by molar-refractivity contribution is 7.80. The summed E-state index contributed by atoms with van der Waals surface area (Å²) in [7, 11) is 1.97. The van der Waals surface area contributed by atoms with Crippen LogP contribution < -0.4 is 11.2 Å².